The molecule has 2 aromatic rings. The molecule has 0 bridgehead atoms. The van der Waals surface area contributed by atoms with Gasteiger partial charge in [-0.05, 0) is 37.0 Å². The summed E-state index contributed by atoms with van der Waals surface area (Å²) in [5.74, 6) is -0.562. The van der Waals surface area contributed by atoms with Crippen LogP contribution < -0.4 is 10.9 Å². The molecule has 1 aromatic heterocycles. The van der Waals surface area contributed by atoms with Gasteiger partial charge < -0.3 is 10.4 Å². The summed E-state index contributed by atoms with van der Waals surface area (Å²) in [5.41, 5.74) is 1.71. The molecule has 8 nitrogen and oxygen atoms in total. The fraction of sp³-hybridized carbons (Fsp3) is 0.320. The van der Waals surface area contributed by atoms with Crippen molar-refractivity contribution in [2.24, 2.45) is 7.05 Å². The number of pyridine rings is 1. The average molecular weight is 511 g/mol. The third-order valence-electron chi connectivity index (χ3n) is 5.72. The van der Waals surface area contributed by atoms with E-state index in [0.717, 1.165) is 5.56 Å². The third kappa shape index (κ3) is 6.18. The zero-order valence-electron chi connectivity index (χ0n) is 19.5. The number of aliphatic carboxylic acids is 1. The standard InChI is InChI=1S/C25H26N4O4S2/c1-16-18(13-20-24(33)29(25(34)35-20)12-8-4-7-11-21(30)31)22(28(2)23(32)19(16)14-26)27-15-17-9-5-3-6-10-17/h3,5-6,9-10,13,27H,4,7-8,11-12,15H2,1-2H3,(H,30,31)/b20-13+. The number of carboxylic acids is 1. The van der Waals surface area contributed by atoms with E-state index in [9.17, 15) is 19.6 Å². The summed E-state index contributed by atoms with van der Waals surface area (Å²) in [5, 5.41) is 21.6. The van der Waals surface area contributed by atoms with Gasteiger partial charge in [-0.3, -0.25) is 23.9 Å². The van der Waals surface area contributed by atoms with Crippen LogP contribution in [0.5, 0.6) is 0 Å². The van der Waals surface area contributed by atoms with E-state index < -0.39 is 11.5 Å². The van der Waals surface area contributed by atoms with Crippen LogP contribution in [0.25, 0.3) is 6.08 Å². The smallest absolute Gasteiger partial charge is 0.303 e. The van der Waals surface area contributed by atoms with Crippen molar-refractivity contribution in [2.45, 2.75) is 39.2 Å². The number of thiocarbonyl (C=S) groups is 1. The van der Waals surface area contributed by atoms with Crippen LogP contribution in [-0.4, -0.2) is 37.3 Å². The molecule has 10 heteroatoms. The van der Waals surface area contributed by atoms with E-state index in [1.165, 1.54) is 21.2 Å². The molecule has 0 aliphatic carbocycles. The van der Waals surface area contributed by atoms with E-state index in [0.29, 0.717) is 58.5 Å². The second kappa shape index (κ2) is 11.8. The molecular formula is C25H26N4O4S2. The minimum absolute atomic E-state index is 0.0259. The van der Waals surface area contributed by atoms with Gasteiger partial charge in [0.25, 0.3) is 11.5 Å². The van der Waals surface area contributed by atoms with E-state index in [1.54, 1.807) is 20.0 Å². The molecule has 1 fully saturated rings. The van der Waals surface area contributed by atoms with Crippen LogP contribution >= 0.6 is 24.0 Å². The Hall–Kier alpha value is -3.42. The number of carbonyl (C=O) groups excluding carboxylic acids is 1. The van der Waals surface area contributed by atoms with E-state index in [4.69, 9.17) is 17.3 Å². The predicted octanol–water partition coefficient (Wildman–Crippen LogP) is 4.02. The molecular weight excluding hydrogens is 484 g/mol. The first kappa shape index (κ1) is 26.2. The molecule has 0 saturated carbocycles. The normalized spacial score (nSPS) is 14.4. The molecule has 1 aliphatic heterocycles. The van der Waals surface area contributed by atoms with Crippen molar-refractivity contribution >= 4 is 52.1 Å². The average Bonchev–Trinajstić information content (AvgIpc) is 3.10. The molecule has 2 N–H and O–H groups in total. The monoisotopic (exact) mass is 510 g/mol. The first-order chi connectivity index (χ1) is 16.7. The molecule has 182 valence electrons. The maximum atomic E-state index is 13.1. The minimum atomic E-state index is -0.834. The molecule has 0 radical (unpaired) electrons. The number of aromatic nitrogens is 1. The molecule has 0 atom stereocenters. The lowest BCUT2D eigenvalue weighted by Gasteiger charge is -2.18. The predicted molar refractivity (Wildman–Crippen MR) is 141 cm³/mol. The number of nitrogens with one attached hydrogen (secondary N) is 1. The molecule has 1 amide bonds. The van der Waals surface area contributed by atoms with Crippen LogP contribution in [-0.2, 0) is 23.2 Å². The van der Waals surface area contributed by atoms with Crippen LogP contribution in [0.4, 0.5) is 5.82 Å². The van der Waals surface area contributed by atoms with Gasteiger partial charge in [0.1, 0.15) is 21.8 Å². The Morgan fingerprint density at radius 3 is 2.60 bits per heavy atom. The Kier molecular flexibility index (Phi) is 8.84. The maximum absolute atomic E-state index is 13.1. The van der Waals surface area contributed by atoms with Gasteiger partial charge in [0.2, 0.25) is 0 Å². The van der Waals surface area contributed by atoms with Crippen LogP contribution in [0.15, 0.2) is 40.0 Å². The van der Waals surface area contributed by atoms with Crippen LogP contribution in [0, 0.1) is 18.3 Å². The van der Waals surface area contributed by atoms with E-state index in [2.05, 4.69) is 5.32 Å². The number of thioether (sulfide) groups is 1. The highest BCUT2D eigenvalue weighted by atomic mass is 32.2. The van der Waals surface area contributed by atoms with Crippen LogP contribution in [0.3, 0.4) is 0 Å². The number of nitrogens with zero attached hydrogens (tertiary/aromatic N) is 3. The summed E-state index contributed by atoms with van der Waals surface area (Å²) in [4.78, 5) is 38.5. The number of unbranched alkanes of at least 4 members (excludes halogenated alkanes) is 2. The van der Waals surface area contributed by atoms with Crippen LogP contribution in [0.1, 0.15) is 47.9 Å². The first-order valence-corrected chi connectivity index (χ1v) is 12.4. The summed E-state index contributed by atoms with van der Waals surface area (Å²) in [6.45, 7) is 2.57. The highest BCUT2D eigenvalue weighted by Crippen LogP contribution is 2.35. The van der Waals surface area contributed by atoms with E-state index in [1.807, 2.05) is 36.4 Å². The molecule has 3 rings (SSSR count). The first-order valence-electron chi connectivity index (χ1n) is 11.1. The molecule has 0 unspecified atom stereocenters. The third-order valence-corrected chi connectivity index (χ3v) is 7.10. The number of rotatable bonds is 10. The Morgan fingerprint density at radius 2 is 1.94 bits per heavy atom. The van der Waals surface area contributed by atoms with Crippen molar-refractivity contribution in [3.8, 4) is 6.07 Å². The van der Waals surface area contributed by atoms with E-state index >= 15 is 0 Å². The highest BCUT2D eigenvalue weighted by Gasteiger charge is 2.32. The number of anilines is 1. The van der Waals surface area contributed by atoms with Crippen molar-refractivity contribution in [3.05, 3.63) is 67.8 Å². The van der Waals surface area contributed by atoms with Gasteiger partial charge in [0.05, 0.1) is 4.91 Å². The number of carboxylic acid groups (broad SMARTS) is 1. The zero-order valence-corrected chi connectivity index (χ0v) is 21.2. The largest absolute Gasteiger partial charge is 0.481 e. The lowest BCUT2D eigenvalue weighted by atomic mass is 10.0. The fourth-order valence-electron chi connectivity index (χ4n) is 3.77. The van der Waals surface area contributed by atoms with Gasteiger partial charge in [-0.2, -0.15) is 5.26 Å². The number of benzene rings is 1. The Balaban J connectivity index is 1.89. The van der Waals surface area contributed by atoms with Gasteiger partial charge >= 0.3 is 5.97 Å². The number of hydrogen-bond donors (Lipinski definition) is 2. The van der Waals surface area contributed by atoms with Crippen molar-refractivity contribution in [1.82, 2.24) is 9.47 Å². The quantitative estimate of drug-likeness (QED) is 0.280. The summed E-state index contributed by atoms with van der Waals surface area (Å²) in [6.07, 6.45) is 3.66. The Morgan fingerprint density at radius 1 is 1.23 bits per heavy atom. The highest BCUT2D eigenvalue weighted by molar-refractivity contribution is 8.26. The molecule has 2 heterocycles. The van der Waals surface area contributed by atoms with Gasteiger partial charge in [-0.15, -0.1) is 0 Å². The lowest BCUT2D eigenvalue weighted by Crippen LogP contribution is -2.29. The number of hydrogen-bond acceptors (Lipinski definition) is 7. The van der Waals surface area contributed by atoms with Crippen molar-refractivity contribution < 1.29 is 14.7 Å². The topological polar surface area (TPSA) is 115 Å². The second-order valence-electron chi connectivity index (χ2n) is 8.12. The number of nitriles is 1. The van der Waals surface area contributed by atoms with Crippen molar-refractivity contribution in [2.75, 3.05) is 11.9 Å². The van der Waals surface area contributed by atoms with Gasteiger partial charge in [-0.25, -0.2) is 0 Å². The molecule has 0 spiro atoms. The van der Waals surface area contributed by atoms with Gasteiger partial charge in [0.15, 0.2) is 0 Å². The van der Waals surface area contributed by atoms with Crippen molar-refractivity contribution in [1.29, 1.82) is 5.26 Å². The van der Waals surface area contributed by atoms with Crippen molar-refractivity contribution in [3.63, 3.8) is 0 Å². The summed E-state index contributed by atoms with van der Waals surface area (Å²) < 4.78 is 1.82. The number of amides is 1. The van der Waals surface area contributed by atoms with Gasteiger partial charge in [0, 0.05) is 32.1 Å². The summed E-state index contributed by atoms with van der Waals surface area (Å²) in [7, 11) is 1.59. The van der Waals surface area contributed by atoms with E-state index in [-0.39, 0.29) is 17.9 Å². The summed E-state index contributed by atoms with van der Waals surface area (Å²) >= 11 is 6.59. The SMILES string of the molecule is Cc1c(/C=C2/SC(=S)N(CCCCCC(=O)O)C2=O)c(NCc2ccccc2)n(C)c(=O)c1C#N. The number of carbonyl (C=O) groups is 2. The van der Waals surface area contributed by atoms with Crippen LogP contribution in [0.2, 0.25) is 0 Å². The fourth-order valence-corrected chi connectivity index (χ4v) is 5.06. The van der Waals surface area contributed by atoms with Gasteiger partial charge in [-0.1, -0.05) is 60.7 Å². The molecule has 35 heavy (non-hydrogen) atoms. The maximum Gasteiger partial charge on any atom is 0.303 e. The Labute approximate surface area is 213 Å². The Bertz CT molecular complexity index is 1280. The molecule has 1 saturated heterocycles. The molecule has 1 aliphatic rings. The minimum Gasteiger partial charge on any atom is -0.481 e. The summed E-state index contributed by atoms with van der Waals surface area (Å²) in [6, 6.07) is 11.7. The second-order valence-corrected chi connectivity index (χ2v) is 9.79. The zero-order chi connectivity index (χ0) is 25.5. The lowest BCUT2D eigenvalue weighted by molar-refractivity contribution is -0.137. The molecule has 1 aromatic carbocycles.